The van der Waals surface area contributed by atoms with Gasteiger partial charge >= 0.3 is 0 Å². The molecule has 2 rings (SSSR count). The number of carbonyl (C=O) groups is 2. The molecule has 0 aromatic carbocycles. The van der Waals surface area contributed by atoms with Gasteiger partial charge in [-0.25, -0.2) is 0 Å². The standard InChI is InChI=1S/C15H30N2O2.C8H15NO/c1-4-5-11-19-12-8-16-15(18)14-6-9-17(10-7-14)13(2)3;1-2-8-3-5-9(7-10)6-4-8/h13-14H,4-12H2,1-3H3,(H,16,18);7-8H,2-6H2,1H3. The highest BCUT2D eigenvalue weighted by molar-refractivity contribution is 5.78. The molecule has 2 amide bonds. The van der Waals surface area contributed by atoms with Gasteiger partial charge in [-0.05, 0) is 65.0 Å². The van der Waals surface area contributed by atoms with E-state index in [0.717, 1.165) is 70.8 Å². The minimum absolute atomic E-state index is 0.200. The average Bonchev–Trinajstić information content (AvgIpc) is 2.76. The van der Waals surface area contributed by atoms with E-state index in [2.05, 4.69) is 37.9 Å². The van der Waals surface area contributed by atoms with Gasteiger partial charge in [0.1, 0.15) is 0 Å². The van der Waals surface area contributed by atoms with Crippen LogP contribution in [0.25, 0.3) is 0 Å². The van der Waals surface area contributed by atoms with Crippen molar-refractivity contribution < 1.29 is 14.3 Å². The lowest BCUT2D eigenvalue weighted by Gasteiger charge is -2.33. The number of rotatable bonds is 10. The number of nitrogens with one attached hydrogen (secondary N) is 1. The first-order valence-corrected chi connectivity index (χ1v) is 11.8. The zero-order valence-corrected chi connectivity index (χ0v) is 19.3. The fraction of sp³-hybridized carbons (Fsp3) is 0.913. The van der Waals surface area contributed by atoms with E-state index in [-0.39, 0.29) is 11.8 Å². The number of amides is 2. The van der Waals surface area contributed by atoms with Gasteiger partial charge in [-0.15, -0.1) is 0 Å². The zero-order valence-electron chi connectivity index (χ0n) is 19.3. The molecule has 0 bridgehead atoms. The first-order chi connectivity index (χ1) is 14.0. The van der Waals surface area contributed by atoms with Crippen molar-refractivity contribution in [2.24, 2.45) is 11.8 Å². The van der Waals surface area contributed by atoms with Gasteiger partial charge in [0.05, 0.1) is 6.61 Å². The van der Waals surface area contributed by atoms with E-state index >= 15 is 0 Å². The summed E-state index contributed by atoms with van der Waals surface area (Å²) in [5.74, 6) is 1.28. The normalized spacial score (nSPS) is 19.0. The van der Waals surface area contributed by atoms with Crippen LogP contribution in [0.3, 0.4) is 0 Å². The molecule has 2 fully saturated rings. The largest absolute Gasteiger partial charge is 0.380 e. The van der Waals surface area contributed by atoms with E-state index < -0.39 is 0 Å². The molecule has 2 heterocycles. The highest BCUT2D eigenvalue weighted by atomic mass is 16.5. The van der Waals surface area contributed by atoms with E-state index in [0.29, 0.717) is 19.2 Å². The summed E-state index contributed by atoms with van der Waals surface area (Å²) in [4.78, 5) is 26.6. The summed E-state index contributed by atoms with van der Waals surface area (Å²) in [5, 5.41) is 2.99. The van der Waals surface area contributed by atoms with Gasteiger partial charge in [0.15, 0.2) is 0 Å². The molecular weight excluding hydrogens is 366 g/mol. The Kier molecular flexibility index (Phi) is 14.0. The van der Waals surface area contributed by atoms with E-state index in [1.54, 1.807) is 0 Å². The first-order valence-electron chi connectivity index (χ1n) is 11.8. The van der Waals surface area contributed by atoms with Crippen LogP contribution in [0.1, 0.15) is 72.6 Å². The van der Waals surface area contributed by atoms with E-state index in [4.69, 9.17) is 4.74 Å². The number of likely N-dealkylation sites (tertiary alicyclic amines) is 2. The van der Waals surface area contributed by atoms with Crippen molar-refractivity contribution in [1.29, 1.82) is 0 Å². The van der Waals surface area contributed by atoms with Crippen LogP contribution in [0, 0.1) is 11.8 Å². The molecule has 6 heteroatoms. The number of ether oxygens (including phenoxy) is 1. The topological polar surface area (TPSA) is 61.9 Å². The van der Waals surface area contributed by atoms with Crippen LogP contribution in [0.4, 0.5) is 0 Å². The molecule has 1 N–H and O–H groups in total. The molecule has 0 radical (unpaired) electrons. The van der Waals surface area contributed by atoms with Gasteiger partial charge in [0, 0.05) is 38.2 Å². The van der Waals surface area contributed by atoms with Crippen LogP contribution < -0.4 is 5.32 Å². The molecule has 0 atom stereocenters. The average molecular weight is 412 g/mol. The van der Waals surface area contributed by atoms with Gasteiger partial charge in [-0.3, -0.25) is 9.59 Å². The molecule has 2 aliphatic heterocycles. The zero-order chi connectivity index (χ0) is 21.5. The molecule has 0 aromatic rings. The van der Waals surface area contributed by atoms with Crippen molar-refractivity contribution in [2.45, 2.75) is 78.7 Å². The molecule has 0 aromatic heterocycles. The van der Waals surface area contributed by atoms with Crippen molar-refractivity contribution in [2.75, 3.05) is 45.9 Å². The molecule has 6 nitrogen and oxygen atoms in total. The third-order valence-electron chi connectivity index (χ3n) is 6.19. The van der Waals surface area contributed by atoms with Crippen LogP contribution in [-0.2, 0) is 14.3 Å². The Morgan fingerprint density at radius 2 is 1.72 bits per heavy atom. The molecule has 0 spiro atoms. The molecular formula is C23H45N3O3. The maximum atomic E-state index is 12.0. The predicted molar refractivity (Wildman–Crippen MR) is 119 cm³/mol. The van der Waals surface area contributed by atoms with Gasteiger partial charge < -0.3 is 19.9 Å². The Morgan fingerprint density at radius 3 is 2.24 bits per heavy atom. The number of nitrogens with zero attached hydrogens (tertiary/aromatic N) is 2. The number of piperidine rings is 2. The Bertz CT molecular complexity index is 429. The fourth-order valence-corrected chi connectivity index (χ4v) is 3.88. The maximum Gasteiger partial charge on any atom is 0.223 e. The first kappa shape index (κ1) is 25.9. The Labute approximate surface area is 178 Å². The second-order valence-electron chi connectivity index (χ2n) is 8.65. The number of unbranched alkanes of at least 4 members (excludes halogenated alkanes) is 1. The van der Waals surface area contributed by atoms with Crippen molar-refractivity contribution in [3.63, 3.8) is 0 Å². The third-order valence-corrected chi connectivity index (χ3v) is 6.19. The Balaban J connectivity index is 0.000000352. The third kappa shape index (κ3) is 11.0. The summed E-state index contributed by atoms with van der Waals surface area (Å²) in [6.07, 6.45) is 8.87. The summed E-state index contributed by atoms with van der Waals surface area (Å²) in [5.41, 5.74) is 0. The minimum Gasteiger partial charge on any atom is -0.380 e. The van der Waals surface area contributed by atoms with Gasteiger partial charge in [0.2, 0.25) is 12.3 Å². The van der Waals surface area contributed by atoms with Crippen molar-refractivity contribution in [3.8, 4) is 0 Å². The molecule has 0 saturated carbocycles. The van der Waals surface area contributed by atoms with Crippen LogP contribution >= 0.6 is 0 Å². The quantitative estimate of drug-likeness (QED) is 0.443. The van der Waals surface area contributed by atoms with Crippen LogP contribution in [0.5, 0.6) is 0 Å². The molecule has 2 aliphatic rings. The summed E-state index contributed by atoms with van der Waals surface area (Å²) in [7, 11) is 0. The van der Waals surface area contributed by atoms with Gasteiger partial charge in [0.25, 0.3) is 0 Å². The van der Waals surface area contributed by atoms with Crippen molar-refractivity contribution in [3.05, 3.63) is 0 Å². The van der Waals surface area contributed by atoms with E-state index in [9.17, 15) is 9.59 Å². The molecule has 2 saturated heterocycles. The summed E-state index contributed by atoms with van der Waals surface area (Å²) >= 11 is 0. The number of hydrogen-bond donors (Lipinski definition) is 1. The molecule has 170 valence electrons. The number of carbonyl (C=O) groups excluding carboxylic acids is 2. The van der Waals surface area contributed by atoms with Gasteiger partial charge in [-0.2, -0.15) is 0 Å². The van der Waals surface area contributed by atoms with E-state index in [1.807, 2.05) is 4.90 Å². The van der Waals surface area contributed by atoms with E-state index in [1.165, 1.54) is 19.3 Å². The van der Waals surface area contributed by atoms with Crippen LogP contribution in [0.2, 0.25) is 0 Å². The second kappa shape index (κ2) is 15.7. The molecule has 0 aliphatic carbocycles. The van der Waals surface area contributed by atoms with Crippen molar-refractivity contribution >= 4 is 12.3 Å². The highest BCUT2D eigenvalue weighted by Crippen LogP contribution is 2.19. The lowest BCUT2D eigenvalue weighted by molar-refractivity contribution is -0.126. The Morgan fingerprint density at radius 1 is 1.07 bits per heavy atom. The highest BCUT2D eigenvalue weighted by Gasteiger charge is 2.25. The lowest BCUT2D eigenvalue weighted by Crippen LogP contribution is -2.43. The van der Waals surface area contributed by atoms with Crippen LogP contribution in [0.15, 0.2) is 0 Å². The molecule has 0 unspecified atom stereocenters. The summed E-state index contributed by atoms with van der Waals surface area (Å²) in [6.45, 7) is 14.9. The van der Waals surface area contributed by atoms with Crippen molar-refractivity contribution in [1.82, 2.24) is 15.1 Å². The SMILES string of the molecule is CCC1CCN(C=O)CC1.CCCCOCCNC(=O)C1CCN(C(C)C)CC1. The fourth-order valence-electron chi connectivity index (χ4n) is 3.88. The maximum absolute atomic E-state index is 12.0. The smallest absolute Gasteiger partial charge is 0.223 e. The predicted octanol–water partition coefficient (Wildman–Crippen LogP) is 3.30. The van der Waals surface area contributed by atoms with Crippen LogP contribution in [-0.4, -0.2) is 74.1 Å². The molecule has 29 heavy (non-hydrogen) atoms. The Hall–Kier alpha value is -1.14. The summed E-state index contributed by atoms with van der Waals surface area (Å²) < 4.78 is 5.44. The monoisotopic (exact) mass is 411 g/mol. The number of hydrogen-bond acceptors (Lipinski definition) is 4. The summed E-state index contributed by atoms with van der Waals surface area (Å²) in [6, 6.07) is 0.593. The lowest BCUT2D eigenvalue weighted by atomic mass is 9.95. The van der Waals surface area contributed by atoms with Gasteiger partial charge in [-0.1, -0.05) is 26.7 Å². The minimum atomic E-state index is 0.200. The second-order valence-corrected chi connectivity index (χ2v) is 8.65.